The van der Waals surface area contributed by atoms with Crippen molar-refractivity contribution in [2.75, 3.05) is 0 Å². The molecule has 0 bridgehead atoms. The van der Waals surface area contributed by atoms with Crippen LogP contribution in [-0.2, 0) is 0 Å². The van der Waals surface area contributed by atoms with Gasteiger partial charge in [0, 0.05) is 18.1 Å². The molecule has 0 unspecified atom stereocenters. The van der Waals surface area contributed by atoms with E-state index in [9.17, 15) is 5.11 Å². The Balaban J connectivity index is 2.57. The Labute approximate surface area is 98.4 Å². The molecule has 0 amide bonds. The van der Waals surface area contributed by atoms with Gasteiger partial charge in [0.1, 0.15) is 5.75 Å². The summed E-state index contributed by atoms with van der Waals surface area (Å²) in [5.41, 5.74) is 0.992. The average molecular weight is 317 g/mol. The number of aromatic hydroxyl groups is 1. The maximum atomic E-state index is 9.53. The molecule has 0 atom stereocenters. The van der Waals surface area contributed by atoms with Crippen molar-refractivity contribution in [3.63, 3.8) is 0 Å². The van der Waals surface area contributed by atoms with Crippen molar-refractivity contribution < 1.29 is 5.11 Å². The van der Waals surface area contributed by atoms with Crippen LogP contribution in [0.15, 0.2) is 45.6 Å². The molecular formula is C10H7Br2NO. The molecule has 4 heteroatoms. The molecule has 0 radical (unpaired) electrons. The standard InChI is InChI=1S/C10H7Br2NO/c11-8-5-7(6-9(12)10(8)14)13-3-1-2-4-13/h1-6,14H. The minimum absolute atomic E-state index is 0.223. The summed E-state index contributed by atoms with van der Waals surface area (Å²) in [6.45, 7) is 0. The van der Waals surface area contributed by atoms with Gasteiger partial charge in [0.05, 0.1) is 8.95 Å². The SMILES string of the molecule is Oc1c(Br)cc(-n2cccc2)cc1Br. The van der Waals surface area contributed by atoms with Gasteiger partial charge in [-0.25, -0.2) is 0 Å². The lowest BCUT2D eigenvalue weighted by Crippen LogP contribution is -1.89. The minimum atomic E-state index is 0.223. The molecule has 2 aromatic rings. The van der Waals surface area contributed by atoms with E-state index in [1.165, 1.54) is 0 Å². The second-order valence-electron chi connectivity index (χ2n) is 2.85. The number of rotatable bonds is 1. The molecule has 1 N–H and O–H groups in total. The van der Waals surface area contributed by atoms with Crippen molar-refractivity contribution >= 4 is 31.9 Å². The van der Waals surface area contributed by atoms with E-state index in [1.54, 1.807) is 0 Å². The first-order valence-electron chi connectivity index (χ1n) is 4.00. The summed E-state index contributed by atoms with van der Waals surface area (Å²) in [6.07, 6.45) is 3.90. The van der Waals surface area contributed by atoms with Gasteiger partial charge in [-0.05, 0) is 56.1 Å². The number of phenols is 1. The quantitative estimate of drug-likeness (QED) is 0.852. The molecule has 1 heterocycles. The van der Waals surface area contributed by atoms with Crippen molar-refractivity contribution in [2.45, 2.75) is 0 Å². The van der Waals surface area contributed by atoms with Crippen LogP contribution in [0.1, 0.15) is 0 Å². The van der Waals surface area contributed by atoms with Crippen LogP contribution in [0.25, 0.3) is 5.69 Å². The van der Waals surface area contributed by atoms with E-state index in [1.807, 2.05) is 41.2 Å². The Morgan fingerprint density at radius 2 is 1.50 bits per heavy atom. The van der Waals surface area contributed by atoms with Gasteiger partial charge in [0.25, 0.3) is 0 Å². The van der Waals surface area contributed by atoms with E-state index in [4.69, 9.17) is 0 Å². The van der Waals surface area contributed by atoms with Gasteiger partial charge >= 0.3 is 0 Å². The van der Waals surface area contributed by atoms with Crippen LogP contribution < -0.4 is 0 Å². The van der Waals surface area contributed by atoms with Crippen LogP contribution in [-0.4, -0.2) is 9.67 Å². The van der Waals surface area contributed by atoms with Crippen LogP contribution in [0.4, 0.5) is 0 Å². The minimum Gasteiger partial charge on any atom is -0.506 e. The molecule has 0 saturated heterocycles. The maximum Gasteiger partial charge on any atom is 0.144 e. The zero-order valence-corrected chi connectivity index (χ0v) is 10.3. The molecule has 0 aliphatic rings. The van der Waals surface area contributed by atoms with E-state index >= 15 is 0 Å². The Morgan fingerprint density at radius 3 is 2.00 bits per heavy atom. The third-order valence-electron chi connectivity index (χ3n) is 1.90. The number of hydrogen-bond acceptors (Lipinski definition) is 1. The Morgan fingerprint density at radius 1 is 1.00 bits per heavy atom. The van der Waals surface area contributed by atoms with Crippen molar-refractivity contribution in [1.29, 1.82) is 0 Å². The highest BCUT2D eigenvalue weighted by molar-refractivity contribution is 9.11. The fraction of sp³-hybridized carbons (Fsp3) is 0. The maximum absolute atomic E-state index is 9.53. The van der Waals surface area contributed by atoms with Crippen LogP contribution in [0.2, 0.25) is 0 Å². The number of phenolic OH excluding ortho intramolecular Hbond substituents is 1. The first-order valence-corrected chi connectivity index (χ1v) is 5.58. The Hall–Kier alpha value is -0.740. The molecule has 0 fully saturated rings. The molecule has 0 aliphatic carbocycles. The summed E-state index contributed by atoms with van der Waals surface area (Å²) >= 11 is 6.58. The fourth-order valence-electron chi connectivity index (χ4n) is 1.21. The Kier molecular flexibility index (Phi) is 2.65. The number of hydrogen-bond donors (Lipinski definition) is 1. The smallest absolute Gasteiger partial charge is 0.144 e. The van der Waals surface area contributed by atoms with Crippen molar-refractivity contribution in [3.8, 4) is 11.4 Å². The monoisotopic (exact) mass is 315 g/mol. The number of halogens is 2. The second-order valence-corrected chi connectivity index (χ2v) is 4.56. The second kappa shape index (κ2) is 3.79. The van der Waals surface area contributed by atoms with Crippen LogP contribution in [0.3, 0.4) is 0 Å². The summed E-state index contributed by atoms with van der Waals surface area (Å²) in [5, 5.41) is 9.53. The summed E-state index contributed by atoms with van der Waals surface area (Å²) in [7, 11) is 0. The lowest BCUT2D eigenvalue weighted by molar-refractivity contribution is 0.468. The molecule has 2 nitrogen and oxygen atoms in total. The van der Waals surface area contributed by atoms with Crippen molar-refractivity contribution in [1.82, 2.24) is 4.57 Å². The van der Waals surface area contributed by atoms with E-state index < -0.39 is 0 Å². The van der Waals surface area contributed by atoms with Gasteiger partial charge in [-0.1, -0.05) is 0 Å². The van der Waals surface area contributed by atoms with Crippen LogP contribution in [0.5, 0.6) is 5.75 Å². The third kappa shape index (κ3) is 1.72. The molecule has 1 aromatic carbocycles. The zero-order chi connectivity index (χ0) is 10.1. The predicted octanol–water partition coefficient (Wildman–Crippen LogP) is 3.71. The zero-order valence-electron chi connectivity index (χ0n) is 7.11. The molecule has 1 aromatic heterocycles. The summed E-state index contributed by atoms with van der Waals surface area (Å²) in [5.74, 6) is 0.223. The van der Waals surface area contributed by atoms with Gasteiger partial charge in [-0.2, -0.15) is 0 Å². The first-order chi connectivity index (χ1) is 6.68. The fourth-order valence-corrected chi connectivity index (χ4v) is 2.37. The number of benzene rings is 1. The molecule has 14 heavy (non-hydrogen) atoms. The first kappa shape index (κ1) is 9.80. The molecule has 0 saturated carbocycles. The summed E-state index contributed by atoms with van der Waals surface area (Å²) in [4.78, 5) is 0. The number of nitrogens with zero attached hydrogens (tertiary/aromatic N) is 1. The van der Waals surface area contributed by atoms with Gasteiger partial charge < -0.3 is 9.67 Å². The lowest BCUT2D eigenvalue weighted by atomic mass is 10.3. The van der Waals surface area contributed by atoms with Crippen molar-refractivity contribution in [3.05, 3.63) is 45.6 Å². The van der Waals surface area contributed by atoms with E-state index in [0.717, 1.165) is 5.69 Å². The van der Waals surface area contributed by atoms with Gasteiger partial charge in [-0.15, -0.1) is 0 Å². The molecule has 0 aliphatic heterocycles. The largest absolute Gasteiger partial charge is 0.506 e. The molecule has 0 spiro atoms. The molecular weight excluding hydrogens is 310 g/mol. The summed E-state index contributed by atoms with van der Waals surface area (Å²) in [6, 6.07) is 7.63. The average Bonchev–Trinajstić information content (AvgIpc) is 2.66. The lowest BCUT2D eigenvalue weighted by Gasteiger charge is -2.06. The van der Waals surface area contributed by atoms with Gasteiger partial charge in [-0.3, -0.25) is 0 Å². The highest BCUT2D eigenvalue weighted by Crippen LogP contribution is 2.34. The topological polar surface area (TPSA) is 25.2 Å². The van der Waals surface area contributed by atoms with Crippen LogP contribution >= 0.6 is 31.9 Å². The van der Waals surface area contributed by atoms with Crippen molar-refractivity contribution in [2.24, 2.45) is 0 Å². The number of aromatic nitrogens is 1. The normalized spacial score (nSPS) is 10.4. The van der Waals surface area contributed by atoms with E-state index in [2.05, 4.69) is 31.9 Å². The highest BCUT2D eigenvalue weighted by Gasteiger charge is 2.06. The van der Waals surface area contributed by atoms with Crippen LogP contribution in [0, 0.1) is 0 Å². The Bertz CT molecular complexity index is 428. The van der Waals surface area contributed by atoms with Gasteiger partial charge in [0.15, 0.2) is 0 Å². The predicted molar refractivity (Wildman–Crippen MR) is 62.8 cm³/mol. The van der Waals surface area contributed by atoms with Gasteiger partial charge in [0.2, 0.25) is 0 Å². The van der Waals surface area contributed by atoms with E-state index in [0.29, 0.717) is 8.95 Å². The van der Waals surface area contributed by atoms with E-state index in [-0.39, 0.29) is 5.75 Å². The molecule has 2 rings (SSSR count). The summed E-state index contributed by atoms with van der Waals surface area (Å²) < 4.78 is 3.32. The third-order valence-corrected chi connectivity index (χ3v) is 3.11. The highest BCUT2D eigenvalue weighted by atomic mass is 79.9. The molecule has 72 valence electrons.